The van der Waals surface area contributed by atoms with Gasteiger partial charge in [-0.3, -0.25) is 4.79 Å². The Morgan fingerprint density at radius 3 is 2.48 bits per heavy atom. The quantitative estimate of drug-likeness (QED) is 0.580. The molecule has 174 valence electrons. The van der Waals surface area contributed by atoms with Gasteiger partial charge in [0.1, 0.15) is 11.9 Å². The van der Waals surface area contributed by atoms with Crippen LogP contribution in [0, 0.1) is 5.82 Å². The number of amides is 1. The van der Waals surface area contributed by atoms with Crippen LogP contribution < -0.4 is 5.56 Å². The van der Waals surface area contributed by atoms with Crippen LogP contribution in [0.3, 0.4) is 0 Å². The molecule has 33 heavy (non-hydrogen) atoms. The summed E-state index contributed by atoms with van der Waals surface area (Å²) in [6.45, 7) is 2.71. The molecular weight excluding hydrogens is 425 g/mol. The Morgan fingerprint density at radius 2 is 1.91 bits per heavy atom. The van der Waals surface area contributed by atoms with E-state index in [9.17, 15) is 14.0 Å². The second-order valence-electron chi connectivity index (χ2n) is 7.74. The number of halogens is 1. The molecule has 4 rings (SSSR count). The monoisotopic (exact) mass is 453 g/mol. The predicted molar refractivity (Wildman–Crippen MR) is 123 cm³/mol. The van der Waals surface area contributed by atoms with Crippen LogP contribution in [0.15, 0.2) is 71.8 Å². The number of rotatable bonds is 6. The van der Waals surface area contributed by atoms with Gasteiger partial charge in [-0.2, -0.15) is 0 Å². The molecule has 2 atom stereocenters. The van der Waals surface area contributed by atoms with Gasteiger partial charge in [0.25, 0.3) is 5.56 Å². The number of hydrogen-bond donors (Lipinski definition) is 2. The largest absolute Gasteiger partial charge is 0.446 e. The summed E-state index contributed by atoms with van der Waals surface area (Å²) in [5, 5.41) is 8.90. The van der Waals surface area contributed by atoms with E-state index in [1.54, 1.807) is 23.1 Å². The molecule has 7 nitrogen and oxygen atoms in total. The average molecular weight is 454 g/mol. The van der Waals surface area contributed by atoms with Crippen molar-refractivity contribution in [3.63, 3.8) is 0 Å². The minimum Gasteiger partial charge on any atom is -0.446 e. The summed E-state index contributed by atoms with van der Waals surface area (Å²) < 4.78 is 17.4. The summed E-state index contributed by atoms with van der Waals surface area (Å²) in [6, 6.07) is 16.9. The van der Waals surface area contributed by atoms with Crippen molar-refractivity contribution >= 4 is 6.09 Å². The molecule has 2 N–H and O–H groups in total. The highest BCUT2D eigenvalue weighted by atomic mass is 19.1. The van der Waals surface area contributed by atoms with Gasteiger partial charge in [-0.15, -0.1) is 0 Å². The van der Waals surface area contributed by atoms with Crippen molar-refractivity contribution in [2.75, 3.05) is 13.2 Å². The van der Waals surface area contributed by atoms with Crippen molar-refractivity contribution in [1.29, 1.82) is 0 Å². The third-order valence-corrected chi connectivity index (χ3v) is 5.45. The number of aromatic nitrogens is 2. The molecule has 1 fully saturated rings. The first-order chi connectivity index (χ1) is 16.0. The van der Waals surface area contributed by atoms with Crippen molar-refractivity contribution in [3.05, 3.63) is 88.7 Å². The summed E-state index contributed by atoms with van der Waals surface area (Å²) >= 11 is 0. The van der Waals surface area contributed by atoms with Gasteiger partial charge in [-0.25, -0.2) is 14.2 Å². The number of aromatic amines is 1. The zero-order chi connectivity index (χ0) is 23.6. The molecular formula is C25H28FN3O4. The predicted octanol–water partition coefficient (Wildman–Crippen LogP) is 4.31. The van der Waals surface area contributed by atoms with Crippen LogP contribution >= 0.6 is 0 Å². The Kier molecular flexibility index (Phi) is 8.71. The molecule has 0 radical (unpaired) electrons. The molecule has 8 heteroatoms. The van der Waals surface area contributed by atoms with Gasteiger partial charge in [-0.1, -0.05) is 42.5 Å². The maximum atomic E-state index is 12.3. The number of cyclic esters (lactones) is 1. The van der Waals surface area contributed by atoms with E-state index >= 15 is 0 Å². The van der Waals surface area contributed by atoms with Gasteiger partial charge >= 0.3 is 6.09 Å². The van der Waals surface area contributed by atoms with Crippen LogP contribution in [0.25, 0.3) is 11.3 Å². The fourth-order valence-corrected chi connectivity index (χ4v) is 3.57. The standard InChI is InChI=1S/C19H23N3O4.C6H5F/c1-13(22-9-8-16(3-2-10-23)26-19(22)25)14-4-6-15(7-5-14)17-11-18(24)21-12-20-17;7-6-4-2-1-3-5-6/h4-7,11-13,16,23H,2-3,8-10H2,1H3,(H,20,21,24);1-5H. The molecule has 0 saturated carbocycles. The number of aliphatic hydroxyl groups excluding tert-OH is 1. The molecule has 0 aliphatic carbocycles. The van der Waals surface area contributed by atoms with Crippen molar-refractivity contribution in [2.24, 2.45) is 0 Å². The second-order valence-corrected chi connectivity index (χ2v) is 7.74. The summed E-state index contributed by atoms with van der Waals surface area (Å²) in [7, 11) is 0. The smallest absolute Gasteiger partial charge is 0.410 e. The second kappa shape index (κ2) is 11.9. The van der Waals surface area contributed by atoms with Crippen LogP contribution in [-0.4, -0.2) is 45.3 Å². The lowest BCUT2D eigenvalue weighted by Crippen LogP contribution is -2.43. The fourth-order valence-electron chi connectivity index (χ4n) is 3.57. The Bertz CT molecular complexity index is 1070. The van der Waals surface area contributed by atoms with E-state index in [1.165, 1.54) is 24.5 Å². The molecule has 2 unspecified atom stereocenters. The molecule has 1 aliphatic heterocycles. The number of benzene rings is 2. The van der Waals surface area contributed by atoms with Crippen molar-refractivity contribution in [1.82, 2.24) is 14.9 Å². The number of H-pyrrole nitrogens is 1. The van der Waals surface area contributed by atoms with E-state index in [1.807, 2.05) is 31.2 Å². The number of hydrogen-bond acceptors (Lipinski definition) is 5. The zero-order valence-electron chi connectivity index (χ0n) is 18.5. The van der Waals surface area contributed by atoms with E-state index in [-0.39, 0.29) is 36.2 Å². The minimum absolute atomic E-state index is 0.109. The number of ether oxygens (including phenoxy) is 1. The van der Waals surface area contributed by atoms with Crippen LogP contribution in [0.4, 0.5) is 9.18 Å². The van der Waals surface area contributed by atoms with Gasteiger partial charge in [0, 0.05) is 31.2 Å². The highest BCUT2D eigenvalue weighted by Crippen LogP contribution is 2.27. The average Bonchev–Trinajstić information content (AvgIpc) is 2.83. The Balaban J connectivity index is 0.000000374. The molecule has 2 aromatic carbocycles. The molecule has 0 spiro atoms. The molecule has 1 aromatic heterocycles. The Labute approximate surface area is 191 Å². The third-order valence-electron chi connectivity index (χ3n) is 5.45. The summed E-state index contributed by atoms with van der Waals surface area (Å²) in [6.07, 6.45) is 3.07. The van der Waals surface area contributed by atoms with Gasteiger partial charge < -0.3 is 19.7 Å². The van der Waals surface area contributed by atoms with E-state index in [2.05, 4.69) is 9.97 Å². The molecule has 1 saturated heterocycles. The van der Waals surface area contributed by atoms with Gasteiger partial charge in [0.05, 0.1) is 18.1 Å². The Hall–Kier alpha value is -3.52. The normalized spacial score (nSPS) is 16.4. The maximum absolute atomic E-state index is 12.3. The highest BCUT2D eigenvalue weighted by Gasteiger charge is 2.30. The lowest BCUT2D eigenvalue weighted by molar-refractivity contribution is 0.00760. The zero-order valence-corrected chi connectivity index (χ0v) is 18.5. The first-order valence-corrected chi connectivity index (χ1v) is 10.9. The fraction of sp³-hybridized carbons (Fsp3) is 0.320. The topological polar surface area (TPSA) is 95.5 Å². The van der Waals surface area contributed by atoms with E-state index in [4.69, 9.17) is 9.84 Å². The van der Waals surface area contributed by atoms with E-state index < -0.39 is 0 Å². The lowest BCUT2D eigenvalue weighted by atomic mass is 10.0. The molecule has 1 amide bonds. The molecule has 3 aromatic rings. The van der Waals surface area contributed by atoms with Gasteiger partial charge in [0.2, 0.25) is 0 Å². The summed E-state index contributed by atoms with van der Waals surface area (Å²) in [4.78, 5) is 32.1. The van der Waals surface area contributed by atoms with Crippen LogP contribution in [0.1, 0.15) is 37.8 Å². The molecule has 1 aliphatic rings. The summed E-state index contributed by atoms with van der Waals surface area (Å²) in [5.74, 6) is -0.178. The molecule has 2 heterocycles. The van der Waals surface area contributed by atoms with Crippen molar-refractivity contribution in [2.45, 2.75) is 38.3 Å². The van der Waals surface area contributed by atoms with Crippen molar-refractivity contribution in [3.8, 4) is 11.3 Å². The molecule has 0 bridgehead atoms. The first kappa shape index (κ1) is 24.1. The maximum Gasteiger partial charge on any atom is 0.410 e. The summed E-state index contributed by atoms with van der Waals surface area (Å²) in [5.41, 5.74) is 2.25. The van der Waals surface area contributed by atoms with Gasteiger partial charge in [-0.05, 0) is 37.5 Å². The number of nitrogens with zero attached hydrogens (tertiary/aromatic N) is 2. The van der Waals surface area contributed by atoms with Crippen molar-refractivity contribution < 1.29 is 19.0 Å². The first-order valence-electron chi connectivity index (χ1n) is 10.9. The number of carbonyl (C=O) groups excluding carboxylic acids is 1. The number of carbonyl (C=O) groups is 1. The third kappa shape index (κ3) is 6.98. The number of nitrogens with one attached hydrogen (secondary N) is 1. The SMILES string of the molecule is CC(c1ccc(-c2cc(=O)[nH]cn2)cc1)N1CCC(CCCO)OC1=O.Fc1ccccc1. The highest BCUT2D eigenvalue weighted by molar-refractivity contribution is 5.69. The minimum atomic E-state index is -0.313. The van der Waals surface area contributed by atoms with Crippen LogP contribution in [-0.2, 0) is 4.74 Å². The Morgan fingerprint density at radius 1 is 1.18 bits per heavy atom. The van der Waals surface area contributed by atoms with E-state index in [0.717, 1.165) is 17.5 Å². The van der Waals surface area contributed by atoms with E-state index in [0.29, 0.717) is 25.1 Å². The van der Waals surface area contributed by atoms with Gasteiger partial charge in [0.15, 0.2) is 0 Å². The van der Waals surface area contributed by atoms with Crippen LogP contribution in [0.2, 0.25) is 0 Å². The van der Waals surface area contributed by atoms with Crippen LogP contribution in [0.5, 0.6) is 0 Å². The lowest BCUT2D eigenvalue weighted by Gasteiger charge is -2.35. The number of aliphatic hydroxyl groups is 1.